The average molecular weight is 385 g/mol. The second kappa shape index (κ2) is 6.44. The van der Waals surface area contributed by atoms with Crippen LogP contribution in [0.2, 0.25) is 0 Å². The lowest BCUT2D eigenvalue weighted by atomic mass is 10.0. The molecule has 28 heavy (non-hydrogen) atoms. The Kier molecular flexibility index (Phi) is 4.18. The highest BCUT2D eigenvalue weighted by Crippen LogP contribution is 2.37. The Bertz CT molecular complexity index is 1020. The van der Waals surface area contributed by atoms with Crippen molar-refractivity contribution in [2.75, 3.05) is 19.0 Å². The summed E-state index contributed by atoms with van der Waals surface area (Å²) < 4.78 is 40.0. The SMILES string of the molecule is CN1C(=O)c2ccccc2N(C)[C@H]1c1ccn(-c2ccc(C(F)(F)F)cc2)c1. The fraction of sp³-hybridized carbons (Fsp3) is 0.190. The van der Waals surface area contributed by atoms with Crippen molar-refractivity contribution in [3.8, 4) is 5.69 Å². The third-order valence-corrected chi connectivity index (χ3v) is 5.08. The number of amides is 1. The van der Waals surface area contributed by atoms with Crippen molar-refractivity contribution >= 4 is 11.6 Å². The number of anilines is 1. The fourth-order valence-corrected chi connectivity index (χ4v) is 3.65. The van der Waals surface area contributed by atoms with Crippen molar-refractivity contribution < 1.29 is 18.0 Å². The first-order valence-electron chi connectivity index (χ1n) is 8.72. The van der Waals surface area contributed by atoms with E-state index in [1.54, 1.807) is 28.8 Å². The molecule has 0 bridgehead atoms. The van der Waals surface area contributed by atoms with Gasteiger partial charge in [0.05, 0.1) is 16.8 Å². The lowest BCUT2D eigenvalue weighted by Crippen LogP contribution is -2.45. The van der Waals surface area contributed by atoms with Gasteiger partial charge >= 0.3 is 6.18 Å². The van der Waals surface area contributed by atoms with Crippen molar-refractivity contribution in [2.45, 2.75) is 12.3 Å². The molecule has 7 heteroatoms. The molecule has 0 N–H and O–H groups in total. The number of aromatic nitrogens is 1. The van der Waals surface area contributed by atoms with Gasteiger partial charge < -0.3 is 14.4 Å². The molecule has 4 rings (SSSR count). The van der Waals surface area contributed by atoms with Crippen LogP contribution < -0.4 is 4.90 Å². The van der Waals surface area contributed by atoms with Gasteiger partial charge in [-0.2, -0.15) is 13.2 Å². The molecular formula is C21H18F3N3O. The Morgan fingerprint density at radius 1 is 0.893 bits per heavy atom. The van der Waals surface area contributed by atoms with Gasteiger partial charge in [-0.15, -0.1) is 0 Å². The molecule has 2 aromatic carbocycles. The molecule has 1 aliphatic heterocycles. The minimum Gasteiger partial charge on any atom is -0.350 e. The summed E-state index contributed by atoms with van der Waals surface area (Å²) in [5, 5.41) is 0. The first-order chi connectivity index (χ1) is 13.3. The van der Waals surface area contributed by atoms with Gasteiger partial charge in [0.2, 0.25) is 0 Å². The average Bonchev–Trinajstić information content (AvgIpc) is 3.15. The van der Waals surface area contributed by atoms with Crippen LogP contribution in [0.3, 0.4) is 0 Å². The summed E-state index contributed by atoms with van der Waals surface area (Å²) in [6.07, 6.45) is -1.05. The van der Waals surface area contributed by atoms with Crippen LogP contribution >= 0.6 is 0 Å². The fourth-order valence-electron chi connectivity index (χ4n) is 3.65. The third kappa shape index (κ3) is 2.93. The van der Waals surface area contributed by atoms with Gasteiger partial charge in [0.25, 0.3) is 5.91 Å². The summed E-state index contributed by atoms with van der Waals surface area (Å²) in [7, 11) is 3.66. The van der Waals surface area contributed by atoms with Crippen LogP contribution in [0.5, 0.6) is 0 Å². The maximum absolute atomic E-state index is 12.8. The molecule has 144 valence electrons. The van der Waals surface area contributed by atoms with E-state index in [0.29, 0.717) is 11.3 Å². The molecule has 0 unspecified atom stereocenters. The van der Waals surface area contributed by atoms with Crippen LogP contribution in [0, 0.1) is 0 Å². The highest BCUT2D eigenvalue weighted by atomic mass is 19.4. The van der Waals surface area contributed by atoms with Gasteiger partial charge in [-0.25, -0.2) is 0 Å². The number of benzene rings is 2. The number of carbonyl (C=O) groups is 1. The number of para-hydroxylation sites is 1. The zero-order valence-corrected chi connectivity index (χ0v) is 15.3. The van der Waals surface area contributed by atoms with E-state index in [2.05, 4.69) is 0 Å². The third-order valence-electron chi connectivity index (χ3n) is 5.08. The molecule has 0 saturated carbocycles. The molecule has 1 aliphatic rings. The zero-order chi connectivity index (χ0) is 20.1. The normalized spacial score (nSPS) is 17.0. The van der Waals surface area contributed by atoms with E-state index in [1.165, 1.54) is 12.1 Å². The van der Waals surface area contributed by atoms with Gasteiger partial charge in [-0.1, -0.05) is 12.1 Å². The number of alkyl halides is 3. The van der Waals surface area contributed by atoms with E-state index in [-0.39, 0.29) is 12.1 Å². The summed E-state index contributed by atoms with van der Waals surface area (Å²) in [4.78, 5) is 16.4. The number of hydrogen-bond donors (Lipinski definition) is 0. The van der Waals surface area contributed by atoms with Gasteiger partial charge in [0.1, 0.15) is 6.17 Å². The Morgan fingerprint density at radius 3 is 2.25 bits per heavy atom. The van der Waals surface area contributed by atoms with E-state index in [0.717, 1.165) is 23.4 Å². The first kappa shape index (κ1) is 18.2. The molecule has 0 aliphatic carbocycles. The van der Waals surface area contributed by atoms with E-state index in [1.807, 2.05) is 42.4 Å². The predicted octanol–water partition coefficient (Wildman–Crippen LogP) is 4.72. The van der Waals surface area contributed by atoms with Crippen molar-refractivity contribution in [1.82, 2.24) is 9.47 Å². The molecule has 0 saturated heterocycles. The Labute approximate surface area is 160 Å². The predicted molar refractivity (Wildman–Crippen MR) is 100 cm³/mol. The minimum absolute atomic E-state index is 0.0685. The number of hydrogen-bond acceptors (Lipinski definition) is 2. The minimum atomic E-state index is -4.36. The molecule has 1 atom stereocenters. The van der Waals surface area contributed by atoms with Crippen LogP contribution in [-0.2, 0) is 6.18 Å². The van der Waals surface area contributed by atoms with E-state index in [9.17, 15) is 18.0 Å². The molecule has 3 aromatic rings. The smallest absolute Gasteiger partial charge is 0.350 e. The number of halogens is 3. The monoisotopic (exact) mass is 385 g/mol. The standard InChI is InChI=1S/C21H18F3N3O/c1-25-18-6-4-3-5-17(18)20(28)26(2)19(25)14-11-12-27(13-14)16-9-7-15(8-10-16)21(22,23)24/h3-13,19H,1-2H3/t19-/m1/s1. The number of rotatable bonds is 2. The highest BCUT2D eigenvalue weighted by molar-refractivity contribution is 6.01. The van der Waals surface area contributed by atoms with Crippen LogP contribution in [0.25, 0.3) is 5.69 Å². The van der Waals surface area contributed by atoms with Gasteiger partial charge in [0.15, 0.2) is 0 Å². The molecule has 1 aromatic heterocycles. The summed E-state index contributed by atoms with van der Waals surface area (Å²) in [5.41, 5.74) is 2.29. The summed E-state index contributed by atoms with van der Waals surface area (Å²) in [6, 6.07) is 14.3. The van der Waals surface area contributed by atoms with Crippen molar-refractivity contribution in [1.29, 1.82) is 0 Å². The number of carbonyl (C=O) groups excluding carboxylic acids is 1. The van der Waals surface area contributed by atoms with E-state index < -0.39 is 11.7 Å². The molecular weight excluding hydrogens is 367 g/mol. The van der Waals surface area contributed by atoms with Crippen molar-refractivity contribution in [2.24, 2.45) is 0 Å². The molecule has 0 fully saturated rings. The van der Waals surface area contributed by atoms with E-state index in [4.69, 9.17) is 0 Å². The zero-order valence-electron chi connectivity index (χ0n) is 15.3. The van der Waals surface area contributed by atoms with Crippen molar-refractivity contribution in [3.05, 3.63) is 83.7 Å². The maximum atomic E-state index is 12.8. The Hall–Kier alpha value is -3.22. The quantitative estimate of drug-likeness (QED) is 0.639. The van der Waals surface area contributed by atoms with Crippen LogP contribution in [0.1, 0.15) is 27.7 Å². The number of fused-ring (bicyclic) bond motifs is 1. The van der Waals surface area contributed by atoms with Gasteiger partial charge in [-0.3, -0.25) is 4.79 Å². The lowest BCUT2D eigenvalue weighted by molar-refractivity contribution is -0.137. The summed E-state index contributed by atoms with van der Waals surface area (Å²) >= 11 is 0. The van der Waals surface area contributed by atoms with Crippen LogP contribution in [-0.4, -0.2) is 29.5 Å². The number of nitrogens with zero attached hydrogens (tertiary/aromatic N) is 3. The first-order valence-corrected chi connectivity index (χ1v) is 8.72. The summed E-state index contributed by atoms with van der Waals surface area (Å²) in [6.45, 7) is 0. The molecule has 4 nitrogen and oxygen atoms in total. The van der Waals surface area contributed by atoms with Gasteiger partial charge in [-0.05, 0) is 42.5 Å². The Morgan fingerprint density at radius 2 is 1.57 bits per heavy atom. The van der Waals surface area contributed by atoms with Gasteiger partial charge in [0, 0.05) is 37.7 Å². The molecule has 1 amide bonds. The van der Waals surface area contributed by atoms with Crippen molar-refractivity contribution in [3.63, 3.8) is 0 Å². The molecule has 0 spiro atoms. The highest BCUT2D eigenvalue weighted by Gasteiger charge is 2.34. The lowest BCUT2D eigenvalue weighted by Gasteiger charge is -2.41. The van der Waals surface area contributed by atoms with E-state index >= 15 is 0 Å². The second-order valence-electron chi connectivity index (χ2n) is 6.81. The Balaban J connectivity index is 1.67. The molecule has 2 heterocycles. The summed E-state index contributed by atoms with van der Waals surface area (Å²) in [5.74, 6) is -0.0685. The molecule has 0 radical (unpaired) electrons. The largest absolute Gasteiger partial charge is 0.416 e. The van der Waals surface area contributed by atoms with Crippen LogP contribution in [0.15, 0.2) is 67.0 Å². The van der Waals surface area contributed by atoms with Crippen LogP contribution in [0.4, 0.5) is 18.9 Å². The maximum Gasteiger partial charge on any atom is 0.416 e. The topological polar surface area (TPSA) is 28.5 Å². The second-order valence-corrected chi connectivity index (χ2v) is 6.81.